The van der Waals surface area contributed by atoms with Gasteiger partial charge in [-0.1, -0.05) is 35.3 Å². The second-order valence-electron chi connectivity index (χ2n) is 7.26. The van der Waals surface area contributed by atoms with E-state index in [1.165, 1.54) is 17.8 Å². The first-order chi connectivity index (χ1) is 15.3. The average molecular weight is 489 g/mol. The highest BCUT2D eigenvalue weighted by Gasteiger charge is 2.43. The number of ether oxygens (including phenoxy) is 1. The van der Waals surface area contributed by atoms with Crippen molar-refractivity contribution in [1.82, 2.24) is 9.88 Å². The Morgan fingerprint density at radius 3 is 2.38 bits per heavy atom. The van der Waals surface area contributed by atoms with Crippen molar-refractivity contribution in [2.24, 2.45) is 0 Å². The van der Waals surface area contributed by atoms with Crippen molar-refractivity contribution in [1.29, 1.82) is 0 Å². The van der Waals surface area contributed by atoms with Gasteiger partial charge in [-0.15, -0.1) is 0 Å². The fourth-order valence-corrected chi connectivity index (χ4v) is 4.64. The first kappa shape index (κ1) is 22.6. The molecule has 2 heterocycles. The molecule has 2 amide bonds. The summed E-state index contributed by atoms with van der Waals surface area (Å²) in [6.07, 6.45) is 2.11. The van der Waals surface area contributed by atoms with Gasteiger partial charge < -0.3 is 4.74 Å². The number of hydrogen-bond donors (Lipinski definition) is 0. The number of carbonyl (C=O) groups is 3. The molecule has 6 nitrogen and oxygen atoms in total. The minimum atomic E-state index is -1.11. The van der Waals surface area contributed by atoms with Crippen LogP contribution in [0.15, 0.2) is 42.5 Å². The Bertz CT molecular complexity index is 1230. The molecule has 3 aromatic rings. The van der Waals surface area contributed by atoms with Crippen LogP contribution in [-0.2, 0) is 4.79 Å². The van der Waals surface area contributed by atoms with Crippen LogP contribution in [0.1, 0.15) is 32.8 Å². The number of thioether (sulfide) groups is 1. The van der Waals surface area contributed by atoms with Crippen molar-refractivity contribution < 1.29 is 19.1 Å². The number of carbonyl (C=O) groups excluding carboxylic acids is 3. The third-order valence-corrected chi connectivity index (χ3v) is 6.42. The summed E-state index contributed by atoms with van der Waals surface area (Å²) in [7, 11) is 0. The molecule has 164 valence electrons. The van der Waals surface area contributed by atoms with Crippen LogP contribution in [-0.4, -0.2) is 45.7 Å². The third kappa shape index (κ3) is 3.96. The van der Waals surface area contributed by atoms with Crippen molar-refractivity contribution in [3.63, 3.8) is 0 Å². The number of esters is 1. The van der Waals surface area contributed by atoms with Crippen molar-refractivity contribution >= 4 is 63.7 Å². The van der Waals surface area contributed by atoms with Gasteiger partial charge in [-0.3, -0.25) is 14.5 Å². The SMILES string of the molecule is CSCC[C@@H](C(=O)Oc1c(Cl)cc(Cl)c2ccc(C)nc12)N1C(=O)c2ccccc2C1=O. The maximum atomic E-state index is 13.3. The third-order valence-electron chi connectivity index (χ3n) is 5.18. The van der Waals surface area contributed by atoms with E-state index in [2.05, 4.69) is 4.98 Å². The molecular weight excluding hydrogens is 471 g/mol. The van der Waals surface area contributed by atoms with Crippen molar-refractivity contribution in [3.8, 4) is 5.75 Å². The van der Waals surface area contributed by atoms with Crippen LogP contribution in [0, 0.1) is 6.92 Å². The highest BCUT2D eigenvalue weighted by atomic mass is 35.5. The fraction of sp³-hybridized carbons (Fsp3) is 0.217. The molecule has 4 rings (SSSR count). The van der Waals surface area contributed by atoms with E-state index < -0.39 is 23.8 Å². The molecule has 1 aliphatic rings. The Morgan fingerprint density at radius 2 is 1.75 bits per heavy atom. The number of hydrogen-bond acceptors (Lipinski definition) is 6. The summed E-state index contributed by atoms with van der Waals surface area (Å²) in [5.41, 5.74) is 1.56. The summed E-state index contributed by atoms with van der Waals surface area (Å²) in [6.45, 7) is 1.79. The molecule has 2 aromatic carbocycles. The van der Waals surface area contributed by atoms with Gasteiger partial charge in [-0.25, -0.2) is 9.78 Å². The molecular formula is C23H18Cl2N2O4S. The Labute approximate surface area is 198 Å². The Balaban J connectivity index is 1.73. The van der Waals surface area contributed by atoms with E-state index >= 15 is 0 Å². The lowest BCUT2D eigenvalue weighted by atomic mass is 10.1. The average Bonchev–Trinajstić information content (AvgIpc) is 3.02. The zero-order valence-electron chi connectivity index (χ0n) is 17.2. The van der Waals surface area contributed by atoms with E-state index in [4.69, 9.17) is 27.9 Å². The van der Waals surface area contributed by atoms with Crippen LogP contribution < -0.4 is 4.74 Å². The lowest BCUT2D eigenvalue weighted by Gasteiger charge is -2.24. The Morgan fingerprint density at radius 1 is 1.09 bits per heavy atom. The normalized spacial score (nSPS) is 14.1. The second kappa shape index (κ2) is 9.10. The molecule has 0 saturated heterocycles. The van der Waals surface area contributed by atoms with E-state index in [9.17, 15) is 14.4 Å². The first-order valence-electron chi connectivity index (χ1n) is 9.76. The Hall–Kier alpha value is -2.61. The maximum absolute atomic E-state index is 13.3. The van der Waals surface area contributed by atoms with Crippen molar-refractivity contribution in [2.75, 3.05) is 12.0 Å². The standard InChI is InChI=1S/C23H18Cl2N2O4S/c1-12-7-8-15-16(24)11-17(25)20(19(15)26-12)31-23(30)18(9-10-32-2)27-21(28)13-5-3-4-6-14(13)22(27)29/h3-8,11,18H,9-10H2,1-2H3/t18-/m0/s1. The first-order valence-corrected chi connectivity index (χ1v) is 11.9. The van der Waals surface area contributed by atoms with E-state index in [0.29, 0.717) is 27.4 Å². The molecule has 0 unspecified atom stereocenters. The van der Waals surface area contributed by atoms with Gasteiger partial charge in [0.1, 0.15) is 11.6 Å². The van der Waals surface area contributed by atoms with Gasteiger partial charge in [-0.2, -0.15) is 11.8 Å². The monoisotopic (exact) mass is 488 g/mol. The number of nitrogens with zero attached hydrogens (tertiary/aromatic N) is 2. The van der Waals surface area contributed by atoms with E-state index in [0.717, 1.165) is 4.90 Å². The number of benzene rings is 2. The number of imide groups is 1. The summed E-state index contributed by atoms with van der Waals surface area (Å²) in [5, 5.41) is 1.06. The van der Waals surface area contributed by atoms with Crippen molar-refractivity contribution in [2.45, 2.75) is 19.4 Å². The number of aromatic nitrogens is 1. The molecule has 9 heteroatoms. The van der Waals surface area contributed by atoms with E-state index in [1.54, 1.807) is 43.3 Å². The summed E-state index contributed by atoms with van der Waals surface area (Å²) in [6, 6.07) is 10.4. The molecule has 1 aliphatic heterocycles. The number of fused-ring (bicyclic) bond motifs is 2. The van der Waals surface area contributed by atoms with Gasteiger partial charge in [0.05, 0.1) is 21.2 Å². The molecule has 0 aliphatic carbocycles. The zero-order valence-corrected chi connectivity index (χ0v) is 19.6. The summed E-state index contributed by atoms with van der Waals surface area (Å²) >= 11 is 14.1. The Kier molecular flexibility index (Phi) is 6.42. The smallest absolute Gasteiger partial charge is 0.334 e. The molecule has 1 atom stereocenters. The topological polar surface area (TPSA) is 76.6 Å². The molecule has 0 spiro atoms. The van der Waals surface area contributed by atoms with Crippen LogP contribution in [0.5, 0.6) is 5.75 Å². The molecule has 0 fully saturated rings. The van der Waals surface area contributed by atoms with Gasteiger partial charge >= 0.3 is 5.97 Å². The number of halogens is 2. The van der Waals surface area contributed by atoms with Gasteiger partial charge in [0.25, 0.3) is 11.8 Å². The predicted molar refractivity (Wildman–Crippen MR) is 126 cm³/mol. The van der Waals surface area contributed by atoms with Crippen LogP contribution in [0.2, 0.25) is 10.0 Å². The molecule has 0 radical (unpaired) electrons. The second-order valence-corrected chi connectivity index (χ2v) is 9.06. The van der Waals surface area contributed by atoms with E-state index in [-0.39, 0.29) is 28.3 Å². The molecule has 0 bridgehead atoms. The minimum Gasteiger partial charge on any atom is -0.421 e. The lowest BCUT2D eigenvalue weighted by Crippen LogP contribution is -2.47. The summed E-state index contributed by atoms with van der Waals surface area (Å²) < 4.78 is 5.69. The van der Waals surface area contributed by atoms with Gasteiger partial charge in [0.15, 0.2) is 5.75 Å². The van der Waals surface area contributed by atoms with Crippen LogP contribution >= 0.6 is 35.0 Å². The molecule has 0 N–H and O–H groups in total. The largest absolute Gasteiger partial charge is 0.421 e. The zero-order chi connectivity index (χ0) is 23.0. The van der Waals surface area contributed by atoms with E-state index in [1.807, 2.05) is 6.26 Å². The highest BCUT2D eigenvalue weighted by molar-refractivity contribution is 7.98. The minimum absolute atomic E-state index is 0.0468. The predicted octanol–water partition coefficient (Wildman–Crippen LogP) is 5.17. The van der Waals surface area contributed by atoms with Crippen LogP contribution in [0.3, 0.4) is 0 Å². The fourth-order valence-electron chi connectivity index (χ4n) is 3.63. The molecule has 32 heavy (non-hydrogen) atoms. The van der Waals surface area contributed by atoms with Crippen molar-refractivity contribution in [3.05, 3.63) is 69.3 Å². The van der Waals surface area contributed by atoms with Gasteiger partial charge in [0, 0.05) is 11.1 Å². The number of amides is 2. The highest BCUT2D eigenvalue weighted by Crippen LogP contribution is 2.38. The molecule has 1 aromatic heterocycles. The van der Waals surface area contributed by atoms with Gasteiger partial charge in [-0.05, 0) is 55.7 Å². The number of aryl methyl sites for hydroxylation is 1. The maximum Gasteiger partial charge on any atom is 0.334 e. The van der Waals surface area contributed by atoms with Crippen LogP contribution in [0.4, 0.5) is 0 Å². The summed E-state index contributed by atoms with van der Waals surface area (Å²) in [5.74, 6) is -1.21. The molecule has 0 saturated carbocycles. The summed E-state index contributed by atoms with van der Waals surface area (Å²) in [4.78, 5) is 44.7. The lowest BCUT2D eigenvalue weighted by molar-refractivity contribution is -0.138. The van der Waals surface area contributed by atoms with Crippen LogP contribution in [0.25, 0.3) is 10.9 Å². The number of pyridine rings is 1. The van der Waals surface area contributed by atoms with Gasteiger partial charge in [0.2, 0.25) is 0 Å². The quantitative estimate of drug-likeness (QED) is 0.270. The number of rotatable bonds is 6.